The second-order valence-electron chi connectivity index (χ2n) is 8.40. The van der Waals surface area contributed by atoms with E-state index < -0.39 is 0 Å². The lowest BCUT2D eigenvalue weighted by molar-refractivity contribution is 0.0715. The van der Waals surface area contributed by atoms with Crippen molar-refractivity contribution in [3.8, 4) is 11.5 Å². The Labute approximate surface area is 177 Å². The molecule has 0 spiro atoms. The number of fused-ring (bicyclic) bond motifs is 1. The Morgan fingerprint density at radius 1 is 0.900 bits per heavy atom. The molecule has 6 heteroatoms. The molecule has 30 heavy (non-hydrogen) atoms. The Morgan fingerprint density at radius 2 is 1.70 bits per heavy atom. The van der Waals surface area contributed by atoms with Crippen LogP contribution in [0, 0.1) is 0 Å². The number of anilines is 2. The summed E-state index contributed by atoms with van der Waals surface area (Å²) in [7, 11) is 0. The summed E-state index contributed by atoms with van der Waals surface area (Å²) >= 11 is 0. The van der Waals surface area contributed by atoms with E-state index in [1.54, 1.807) is 0 Å². The van der Waals surface area contributed by atoms with Gasteiger partial charge in [-0.2, -0.15) is 0 Å². The molecule has 0 saturated carbocycles. The molecule has 0 radical (unpaired) electrons. The van der Waals surface area contributed by atoms with E-state index >= 15 is 0 Å². The van der Waals surface area contributed by atoms with Crippen molar-refractivity contribution in [2.24, 2.45) is 0 Å². The molecular weight excluding hydrogens is 378 g/mol. The number of amides is 1. The van der Waals surface area contributed by atoms with Crippen LogP contribution in [0.15, 0.2) is 42.5 Å². The third-order valence-electron chi connectivity index (χ3n) is 6.29. The van der Waals surface area contributed by atoms with Crippen LogP contribution in [0.2, 0.25) is 0 Å². The fourth-order valence-corrected chi connectivity index (χ4v) is 4.65. The van der Waals surface area contributed by atoms with Crippen molar-refractivity contribution in [1.29, 1.82) is 0 Å². The molecule has 1 amide bonds. The Hall–Kier alpha value is -2.89. The van der Waals surface area contributed by atoms with Gasteiger partial charge in [0.2, 0.25) is 6.79 Å². The van der Waals surface area contributed by atoms with Gasteiger partial charge in [0.25, 0.3) is 5.91 Å². The van der Waals surface area contributed by atoms with Crippen LogP contribution in [0.3, 0.4) is 0 Å². The zero-order valence-electron chi connectivity index (χ0n) is 17.3. The van der Waals surface area contributed by atoms with Gasteiger partial charge >= 0.3 is 0 Å². The fourth-order valence-electron chi connectivity index (χ4n) is 4.65. The van der Waals surface area contributed by atoms with E-state index in [-0.39, 0.29) is 18.7 Å². The number of carbonyl (C=O) groups is 1. The third kappa shape index (κ3) is 4.04. The number of carbonyl (C=O) groups excluding carboxylic acids is 1. The van der Waals surface area contributed by atoms with E-state index in [2.05, 4.69) is 22.3 Å². The Balaban J connectivity index is 1.21. The fraction of sp³-hybridized carbons (Fsp3) is 0.458. The van der Waals surface area contributed by atoms with Crippen molar-refractivity contribution in [2.75, 3.05) is 43.2 Å². The molecule has 0 aromatic heterocycles. The third-order valence-corrected chi connectivity index (χ3v) is 6.29. The van der Waals surface area contributed by atoms with Crippen LogP contribution in [0.4, 0.5) is 11.4 Å². The van der Waals surface area contributed by atoms with E-state index in [9.17, 15) is 4.79 Å². The molecule has 1 N–H and O–H groups in total. The van der Waals surface area contributed by atoms with E-state index in [4.69, 9.17) is 9.47 Å². The monoisotopic (exact) mass is 407 g/mol. The highest BCUT2D eigenvalue weighted by atomic mass is 16.7. The summed E-state index contributed by atoms with van der Waals surface area (Å²) in [5, 5.41) is 3.56. The minimum Gasteiger partial charge on any atom is -0.454 e. The van der Waals surface area contributed by atoms with Crippen molar-refractivity contribution in [3.63, 3.8) is 0 Å². The van der Waals surface area contributed by atoms with Crippen molar-refractivity contribution in [2.45, 2.75) is 38.1 Å². The van der Waals surface area contributed by atoms with Crippen molar-refractivity contribution in [3.05, 3.63) is 48.0 Å². The predicted molar refractivity (Wildman–Crippen MR) is 118 cm³/mol. The van der Waals surface area contributed by atoms with Crippen LogP contribution in [0.5, 0.6) is 11.5 Å². The summed E-state index contributed by atoms with van der Waals surface area (Å²) in [5.74, 6) is 1.68. The zero-order chi connectivity index (χ0) is 20.3. The van der Waals surface area contributed by atoms with E-state index in [1.165, 1.54) is 24.9 Å². The highest BCUT2D eigenvalue weighted by Crippen LogP contribution is 2.34. The Morgan fingerprint density at radius 3 is 2.53 bits per heavy atom. The maximum Gasteiger partial charge on any atom is 0.253 e. The first-order chi connectivity index (χ1) is 14.8. The summed E-state index contributed by atoms with van der Waals surface area (Å²) in [4.78, 5) is 17.5. The number of piperidine rings is 2. The highest BCUT2D eigenvalue weighted by Gasteiger charge is 2.25. The number of ether oxygens (including phenoxy) is 2. The van der Waals surface area contributed by atoms with Crippen molar-refractivity contribution < 1.29 is 14.3 Å². The Bertz CT molecular complexity index is 893. The van der Waals surface area contributed by atoms with Crippen LogP contribution >= 0.6 is 0 Å². The molecule has 6 nitrogen and oxygen atoms in total. The topological polar surface area (TPSA) is 54.0 Å². The van der Waals surface area contributed by atoms with Gasteiger partial charge in [0, 0.05) is 55.2 Å². The van der Waals surface area contributed by atoms with Gasteiger partial charge in [-0.05, 0) is 68.5 Å². The first-order valence-corrected chi connectivity index (χ1v) is 11.1. The standard InChI is InChI=1S/C24H29N3O3/c28-24(18-6-9-21(10-7-18)26-12-2-1-3-13-26)27-14-4-5-20(16-27)25-19-8-11-22-23(15-19)30-17-29-22/h6-11,15,20,25H,1-5,12-14,16-17H2. The lowest BCUT2D eigenvalue weighted by atomic mass is 10.0. The summed E-state index contributed by atoms with van der Waals surface area (Å²) in [6.07, 6.45) is 5.88. The average molecular weight is 408 g/mol. The SMILES string of the molecule is O=C(c1ccc(N2CCCCC2)cc1)N1CCCC(Nc2ccc3c(c2)OCO3)C1. The summed E-state index contributed by atoms with van der Waals surface area (Å²) in [6.45, 7) is 4.04. The van der Waals surface area contributed by atoms with Gasteiger partial charge < -0.3 is 24.6 Å². The van der Waals surface area contributed by atoms with Gasteiger partial charge in [0.05, 0.1) is 0 Å². The van der Waals surface area contributed by atoms with Crippen molar-refractivity contribution >= 4 is 17.3 Å². The molecule has 2 aromatic carbocycles. The van der Waals surface area contributed by atoms with Gasteiger partial charge in [-0.3, -0.25) is 4.79 Å². The predicted octanol–water partition coefficient (Wildman–Crippen LogP) is 4.12. The minimum absolute atomic E-state index is 0.123. The second kappa shape index (κ2) is 8.46. The van der Waals surface area contributed by atoms with Crippen LogP contribution in [-0.2, 0) is 0 Å². The molecule has 2 saturated heterocycles. The number of nitrogens with one attached hydrogen (secondary N) is 1. The van der Waals surface area contributed by atoms with Gasteiger partial charge in [0.15, 0.2) is 11.5 Å². The van der Waals surface area contributed by atoms with Crippen LogP contribution in [-0.4, -0.2) is 49.8 Å². The second-order valence-corrected chi connectivity index (χ2v) is 8.40. The van der Waals surface area contributed by atoms with Gasteiger partial charge in [-0.25, -0.2) is 0 Å². The van der Waals surface area contributed by atoms with E-state index in [0.29, 0.717) is 6.54 Å². The Kier molecular flexibility index (Phi) is 5.39. The number of hydrogen-bond donors (Lipinski definition) is 1. The summed E-state index contributed by atoms with van der Waals surface area (Å²) in [6, 6.07) is 14.3. The molecular formula is C24H29N3O3. The zero-order valence-corrected chi connectivity index (χ0v) is 17.3. The summed E-state index contributed by atoms with van der Waals surface area (Å²) in [5.41, 5.74) is 3.01. The number of hydrogen-bond acceptors (Lipinski definition) is 5. The maximum absolute atomic E-state index is 13.1. The quantitative estimate of drug-likeness (QED) is 0.826. The molecule has 2 fully saturated rings. The van der Waals surface area contributed by atoms with Crippen molar-refractivity contribution in [1.82, 2.24) is 4.90 Å². The first kappa shape index (κ1) is 19.1. The molecule has 3 aliphatic heterocycles. The smallest absolute Gasteiger partial charge is 0.253 e. The van der Waals surface area contributed by atoms with Crippen LogP contribution in [0.1, 0.15) is 42.5 Å². The molecule has 158 valence electrons. The molecule has 5 rings (SSSR count). The van der Waals surface area contributed by atoms with Gasteiger partial charge in [-0.1, -0.05) is 0 Å². The summed E-state index contributed by atoms with van der Waals surface area (Å²) < 4.78 is 10.9. The maximum atomic E-state index is 13.1. The van der Waals surface area contributed by atoms with E-state index in [0.717, 1.165) is 55.2 Å². The molecule has 1 atom stereocenters. The number of rotatable bonds is 4. The van der Waals surface area contributed by atoms with Gasteiger partial charge in [0.1, 0.15) is 0 Å². The average Bonchev–Trinajstić information content (AvgIpc) is 3.27. The number of nitrogens with zero attached hydrogens (tertiary/aromatic N) is 2. The van der Waals surface area contributed by atoms with Crippen LogP contribution < -0.4 is 19.7 Å². The number of likely N-dealkylation sites (tertiary alicyclic amines) is 1. The molecule has 2 aromatic rings. The molecule has 3 heterocycles. The molecule has 0 bridgehead atoms. The molecule has 3 aliphatic rings. The highest BCUT2D eigenvalue weighted by molar-refractivity contribution is 5.94. The largest absolute Gasteiger partial charge is 0.454 e. The first-order valence-electron chi connectivity index (χ1n) is 11.1. The lowest BCUT2D eigenvalue weighted by Crippen LogP contribution is -2.45. The van der Waals surface area contributed by atoms with E-state index in [1.807, 2.05) is 35.2 Å². The normalized spacial score (nSPS) is 20.9. The number of benzene rings is 2. The molecule has 0 aliphatic carbocycles. The minimum atomic E-state index is 0.123. The van der Waals surface area contributed by atoms with Crippen LogP contribution in [0.25, 0.3) is 0 Å². The molecule has 1 unspecified atom stereocenters. The van der Waals surface area contributed by atoms with Gasteiger partial charge in [-0.15, -0.1) is 0 Å². The lowest BCUT2D eigenvalue weighted by Gasteiger charge is -2.34.